The molecule has 0 aromatic rings. The molecule has 1 aliphatic heterocycles. The first-order valence-electron chi connectivity index (χ1n) is 2.67. The van der Waals surface area contributed by atoms with Crippen LogP contribution >= 0.6 is 0 Å². The molecule has 0 amide bonds. The van der Waals surface area contributed by atoms with E-state index < -0.39 is 0 Å². The maximum atomic E-state index is 3.37. The Kier molecular flexibility index (Phi) is 0.134. The molecule has 0 bridgehead atoms. The second-order valence-electron chi connectivity index (χ2n) is 2.90. The van der Waals surface area contributed by atoms with Crippen molar-refractivity contribution in [3.8, 4) is 0 Å². The molecular weight excluding hydrogens is 74.1 g/mol. The van der Waals surface area contributed by atoms with Crippen LogP contribution in [-0.2, 0) is 0 Å². The van der Waals surface area contributed by atoms with Crippen molar-refractivity contribution < 1.29 is 0 Å². The number of hydrogen-bond acceptors (Lipinski definition) is 1. The highest BCUT2D eigenvalue weighted by Crippen LogP contribution is 2.79. The minimum Gasteiger partial charge on any atom is -0.312 e. The van der Waals surface area contributed by atoms with E-state index in [2.05, 4.69) is 5.32 Å². The Bertz CT molecular complexity index is 111. The fourth-order valence-electron chi connectivity index (χ4n) is 1.84. The number of hydrogen-bond donors (Lipinski definition) is 1. The summed E-state index contributed by atoms with van der Waals surface area (Å²) in [6, 6.07) is 1.03. The van der Waals surface area contributed by atoms with E-state index in [1.54, 1.807) is 6.42 Å². The van der Waals surface area contributed by atoms with Crippen molar-refractivity contribution in [2.45, 2.75) is 12.5 Å². The summed E-state index contributed by atoms with van der Waals surface area (Å²) >= 11 is 0. The second kappa shape index (κ2) is 0.348. The van der Waals surface area contributed by atoms with Crippen LogP contribution in [0.25, 0.3) is 0 Å². The number of rotatable bonds is 0. The molecule has 0 radical (unpaired) electrons. The number of nitrogens with one attached hydrogen (secondary N) is 1. The average molecular weight is 81.1 g/mol. The molecule has 3 fully saturated rings. The molecule has 2 aliphatic carbocycles. The molecule has 1 heterocycles. The summed E-state index contributed by atoms with van der Waals surface area (Å²) in [5.74, 6) is 1.16. The van der Waals surface area contributed by atoms with Gasteiger partial charge in [-0.15, -0.1) is 0 Å². The molecule has 3 unspecified atom stereocenters. The van der Waals surface area contributed by atoms with Crippen LogP contribution in [0, 0.1) is 11.3 Å². The lowest BCUT2D eigenvalue weighted by Crippen LogP contribution is -2.41. The molecule has 0 aromatic heterocycles. The highest BCUT2D eigenvalue weighted by Gasteiger charge is 2.83. The van der Waals surface area contributed by atoms with Gasteiger partial charge in [0.15, 0.2) is 0 Å². The Morgan fingerprint density at radius 1 is 1.67 bits per heavy atom. The van der Waals surface area contributed by atoms with Gasteiger partial charge in [0.25, 0.3) is 0 Å². The molecule has 1 nitrogen and oxygen atoms in total. The quantitative estimate of drug-likeness (QED) is 0.432. The lowest BCUT2D eigenvalue weighted by molar-refractivity contribution is 0.356. The van der Waals surface area contributed by atoms with Crippen LogP contribution in [0.5, 0.6) is 0 Å². The largest absolute Gasteiger partial charge is 0.312 e. The molecule has 1 spiro atoms. The van der Waals surface area contributed by atoms with Crippen LogP contribution < -0.4 is 5.32 Å². The highest BCUT2D eigenvalue weighted by atomic mass is 15.2. The molecule has 3 atom stereocenters. The molecule has 1 N–H and O–H groups in total. The lowest BCUT2D eigenvalue weighted by Gasteiger charge is -2.22. The summed E-state index contributed by atoms with van der Waals surface area (Å²) < 4.78 is 0. The zero-order valence-corrected chi connectivity index (χ0v) is 3.57. The Morgan fingerprint density at radius 2 is 2.50 bits per heavy atom. The topological polar surface area (TPSA) is 12.0 Å². The van der Waals surface area contributed by atoms with Crippen molar-refractivity contribution in [2.24, 2.45) is 11.3 Å². The summed E-state index contributed by atoms with van der Waals surface area (Å²) in [6.07, 6.45) is 1.56. The van der Waals surface area contributed by atoms with E-state index in [9.17, 15) is 0 Å². The fraction of sp³-hybridized carbons (Fsp3) is 1.00. The van der Waals surface area contributed by atoms with Gasteiger partial charge in [-0.25, -0.2) is 0 Å². The van der Waals surface area contributed by atoms with E-state index in [1.807, 2.05) is 0 Å². The van der Waals surface area contributed by atoms with Gasteiger partial charge in [-0.3, -0.25) is 0 Å². The van der Waals surface area contributed by atoms with Crippen LogP contribution in [0.2, 0.25) is 0 Å². The first-order chi connectivity index (χ1) is 2.93. The van der Waals surface area contributed by atoms with Gasteiger partial charge in [0.1, 0.15) is 0 Å². The number of piperidine rings is 1. The molecule has 0 aromatic carbocycles. The van der Waals surface area contributed by atoms with E-state index >= 15 is 0 Å². The third-order valence-corrected chi connectivity index (χ3v) is 2.74. The van der Waals surface area contributed by atoms with Crippen molar-refractivity contribution >= 4 is 0 Å². The van der Waals surface area contributed by atoms with Gasteiger partial charge in [-0.2, -0.15) is 0 Å². The van der Waals surface area contributed by atoms with Crippen molar-refractivity contribution in [3.63, 3.8) is 0 Å². The van der Waals surface area contributed by atoms with Crippen LogP contribution in [0.1, 0.15) is 6.42 Å². The Balaban J connectivity index is 2.20. The third kappa shape index (κ3) is 0.0658. The zero-order chi connectivity index (χ0) is 3.78. The van der Waals surface area contributed by atoms with E-state index in [0.29, 0.717) is 0 Å². The first-order valence-corrected chi connectivity index (χ1v) is 2.67. The van der Waals surface area contributed by atoms with Gasteiger partial charge in [0.05, 0.1) is 0 Å². The molecule has 2 saturated carbocycles. The molecule has 32 valence electrons. The van der Waals surface area contributed by atoms with Gasteiger partial charge in [-0.1, -0.05) is 0 Å². The maximum Gasteiger partial charge on any atom is 0.0174 e. The Labute approximate surface area is 36.7 Å². The first kappa shape index (κ1) is 2.31. The van der Waals surface area contributed by atoms with Gasteiger partial charge < -0.3 is 5.32 Å². The minimum absolute atomic E-state index is 0.944. The smallest absolute Gasteiger partial charge is 0.0174 e. The average Bonchev–Trinajstić information content (AvgIpc) is 2.22. The van der Waals surface area contributed by atoms with Crippen molar-refractivity contribution in [1.82, 2.24) is 5.32 Å². The summed E-state index contributed by atoms with van der Waals surface area (Å²) in [7, 11) is 0. The number of fused-ring (bicyclic) bond motifs is 1. The summed E-state index contributed by atoms with van der Waals surface area (Å²) in [5.41, 5.74) is 0.944. The highest BCUT2D eigenvalue weighted by molar-refractivity contribution is 5.37. The zero-order valence-electron chi connectivity index (χ0n) is 3.57. The van der Waals surface area contributed by atoms with Gasteiger partial charge >= 0.3 is 0 Å². The van der Waals surface area contributed by atoms with Gasteiger partial charge in [-0.05, 0) is 12.3 Å². The maximum absolute atomic E-state index is 3.37. The predicted molar refractivity (Wildman–Crippen MR) is 22.3 cm³/mol. The molecule has 1 heteroatoms. The van der Waals surface area contributed by atoms with Crippen LogP contribution in [0.3, 0.4) is 0 Å². The third-order valence-electron chi connectivity index (χ3n) is 2.74. The molecular formula is C5H7N. The monoisotopic (exact) mass is 81.1 g/mol. The van der Waals surface area contributed by atoms with E-state index in [0.717, 1.165) is 17.4 Å². The Hall–Kier alpha value is -0.0400. The van der Waals surface area contributed by atoms with E-state index in [4.69, 9.17) is 0 Å². The summed E-state index contributed by atoms with van der Waals surface area (Å²) in [4.78, 5) is 0. The predicted octanol–water partition coefficient (Wildman–Crippen LogP) is -0.0219. The van der Waals surface area contributed by atoms with Crippen LogP contribution in [0.15, 0.2) is 0 Å². The summed E-state index contributed by atoms with van der Waals surface area (Å²) in [5, 5.41) is 3.37. The van der Waals surface area contributed by atoms with Crippen LogP contribution in [-0.4, -0.2) is 12.6 Å². The van der Waals surface area contributed by atoms with E-state index in [1.165, 1.54) is 6.54 Å². The van der Waals surface area contributed by atoms with Crippen molar-refractivity contribution in [1.29, 1.82) is 0 Å². The van der Waals surface area contributed by atoms with Gasteiger partial charge in [0, 0.05) is 18.0 Å². The molecule has 3 rings (SSSR count). The molecule has 6 heavy (non-hydrogen) atoms. The molecule has 1 saturated heterocycles. The van der Waals surface area contributed by atoms with Crippen molar-refractivity contribution in [2.75, 3.05) is 6.54 Å². The second-order valence-corrected chi connectivity index (χ2v) is 2.90. The molecule has 3 aliphatic rings. The summed E-state index contributed by atoms with van der Waals surface area (Å²) in [6.45, 7) is 1.35. The minimum atomic E-state index is 0.944. The van der Waals surface area contributed by atoms with Gasteiger partial charge in [0.2, 0.25) is 0 Å². The fourth-order valence-corrected chi connectivity index (χ4v) is 1.84. The van der Waals surface area contributed by atoms with E-state index in [-0.39, 0.29) is 0 Å². The standard InChI is InChI=1S/C5H7N/c1-3-4-5(1,3)2-6-4/h3-4,6H,1-2H2. The normalized spacial score (nSPS) is 80.0. The van der Waals surface area contributed by atoms with Crippen molar-refractivity contribution in [3.05, 3.63) is 0 Å². The SMILES string of the molecule is C1NC2C3CC132. The van der Waals surface area contributed by atoms with Crippen LogP contribution in [0.4, 0.5) is 0 Å². The lowest BCUT2D eigenvalue weighted by atomic mass is 10.1. The Morgan fingerprint density at radius 3 is 2.50 bits per heavy atom.